The number of fused-ring (bicyclic) bond motifs is 1. The number of pyridine rings is 1. The van der Waals surface area contributed by atoms with E-state index in [0.29, 0.717) is 28.5 Å². The summed E-state index contributed by atoms with van der Waals surface area (Å²) in [7, 11) is 0. The Bertz CT molecular complexity index is 1350. The van der Waals surface area contributed by atoms with Crippen LogP contribution in [0, 0.1) is 0 Å². The topological polar surface area (TPSA) is 63.6 Å². The maximum absolute atomic E-state index is 14.3. The SMILES string of the molecule is O=C(NC1CC1)c1ccc(C2=NOC(c3cccc(C(F)(F)F)c3)(C(F)(F)F)C2)c2ccncc12. The first kappa shape index (κ1) is 23.1. The second-order valence-electron chi connectivity index (χ2n) is 8.54. The van der Waals surface area contributed by atoms with Crippen LogP contribution in [0.25, 0.3) is 10.8 Å². The molecule has 1 amide bonds. The van der Waals surface area contributed by atoms with Crippen molar-refractivity contribution in [2.24, 2.45) is 5.16 Å². The standard InChI is InChI=1S/C24H17F6N3O2/c25-23(26,27)14-3-1-2-13(10-14)22(24(28,29)30)11-20(33-35-22)17-6-7-18(21(34)32-15-4-5-15)19-12-31-9-8-16(17)19/h1-3,6-10,12,15H,4-5,11H2,(H,32,34). The molecule has 1 atom stereocenters. The van der Waals surface area contributed by atoms with E-state index in [4.69, 9.17) is 4.84 Å². The molecular formula is C24H17F6N3O2. The third kappa shape index (κ3) is 4.08. The Kier molecular flexibility index (Phi) is 5.26. The van der Waals surface area contributed by atoms with Crippen LogP contribution in [0.4, 0.5) is 26.3 Å². The van der Waals surface area contributed by atoms with Crippen molar-refractivity contribution in [2.45, 2.75) is 43.3 Å². The summed E-state index contributed by atoms with van der Waals surface area (Å²) in [5.74, 6) is -0.324. The molecule has 2 aliphatic rings. The highest BCUT2D eigenvalue weighted by Gasteiger charge is 2.62. The molecule has 1 unspecified atom stereocenters. The average Bonchev–Trinajstić information content (AvgIpc) is 3.50. The van der Waals surface area contributed by atoms with Crippen LogP contribution in [0.5, 0.6) is 0 Å². The van der Waals surface area contributed by atoms with Crippen molar-refractivity contribution in [1.29, 1.82) is 0 Å². The third-order valence-corrected chi connectivity index (χ3v) is 6.13. The predicted molar refractivity (Wildman–Crippen MR) is 114 cm³/mol. The van der Waals surface area contributed by atoms with Gasteiger partial charge in [-0.1, -0.05) is 23.4 Å². The molecule has 0 spiro atoms. The first-order valence-electron chi connectivity index (χ1n) is 10.7. The normalized spacial score (nSPS) is 20.5. The van der Waals surface area contributed by atoms with Gasteiger partial charge >= 0.3 is 12.4 Å². The molecule has 1 aromatic heterocycles. The summed E-state index contributed by atoms with van der Waals surface area (Å²) < 4.78 is 82.4. The van der Waals surface area contributed by atoms with Crippen molar-refractivity contribution in [3.63, 3.8) is 0 Å². The van der Waals surface area contributed by atoms with Crippen molar-refractivity contribution in [1.82, 2.24) is 10.3 Å². The van der Waals surface area contributed by atoms with Crippen molar-refractivity contribution < 1.29 is 36.0 Å². The number of rotatable bonds is 4. The summed E-state index contributed by atoms with van der Waals surface area (Å²) >= 11 is 0. The largest absolute Gasteiger partial charge is 0.435 e. The molecule has 2 aromatic carbocycles. The molecule has 1 fully saturated rings. The van der Waals surface area contributed by atoms with E-state index < -0.39 is 35.5 Å². The summed E-state index contributed by atoms with van der Waals surface area (Å²) in [5, 5.41) is 7.37. The van der Waals surface area contributed by atoms with Gasteiger partial charge in [-0.3, -0.25) is 9.78 Å². The summed E-state index contributed by atoms with van der Waals surface area (Å²) in [5.41, 5.74) is -4.55. The molecule has 1 N–H and O–H groups in total. The Hall–Kier alpha value is -3.63. The number of nitrogens with one attached hydrogen (secondary N) is 1. The number of aromatic nitrogens is 1. The van der Waals surface area contributed by atoms with Gasteiger partial charge in [0.1, 0.15) is 0 Å². The van der Waals surface area contributed by atoms with Crippen LogP contribution < -0.4 is 5.32 Å². The van der Waals surface area contributed by atoms with E-state index in [0.717, 1.165) is 25.0 Å². The minimum Gasteiger partial charge on any atom is -0.374 e. The van der Waals surface area contributed by atoms with Gasteiger partial charge in [-0.2, -0.15) is 26.3 Å². The van der Waals surface area contributed by atoms with E-state index in [-0.39, 0.29) is 23.2 Å². The molecule has 0 radical (unpaired) electrons. The maximum atomic E-state index is 14.3. The van der Waals surface area contributed by atoms with Crippen LogP contribution in [0.1, 0.15) is 46.3 Å². The van der Waals surface area contributed by atoms with Crippen LogP contribution in [-0.2, 0) is 16.6 Å². The Morgan fingerprint density at radius 1 is 1.03 bits per heavy atom. The minimum absolute atomic E-state index is 0.0985. The fraction of sp³-hybridized carbons (Fsp3) is 0.292. The van der Waals surface area contributed by atoms with E-state index >= 15 is 0 Å². The molecule has 2 heterocycles. The van der Waals surface area contributed by atoms with Crippen molar-refractivity contribution >= 4 is 22.4 Å². The molecule has 3 aromatic rings. The first-order valence-corrected chi connectivity index (χ1v) is 10.7. The number of amides is 1. The quantitative estimate of drug-likeness (QED) is 0.473. The molecular weight excluding hydrogens is 476 g/mol. The minimum atomic E-state index is -5.07. The molecule has 35 heavy (non-hydrogen) atoms. The van der Waals surface area contributed by atoms with Gasteiger partial charge < -0.3 is 10.2 Å². The number of carbonyl (C=O) groups is 1. The molecule has 11 heteroatoms. The average molecular weight is 493 g/mol. The van der Waals surface area contributed by atoms with Crippen molar-refractivity contribution in [3.8, 4) is 0 Å². The smallest absolute Gasteiger partial charge is 0.374 e. The van der Waals surface area contributed by atoms with Gasteiger partial charge in [-0.05, 0) is 42.5 Å². The van der Waals surface area contributed by atoms with Crippen LogP contribution in [0.2, 0.25) is 0 Å². The fourth-order valence-electron chi connectivity index (χ4n) is 4.13. The lowest BCUT2D eigenvalue weighted by Gasteiger charge is -2.30. The van der Waals surface area contributed by atoms with Gasteiger partial charge in [0, 0.05) is 46.9 Å². The first-order chi connectivity index (χ1) is 16.5. The van der Waals surface area contributed by atoms with Crippen LogP contribution >= 0.6 is 0 Å². The van der Waals surface area contributed by atoms with Gasteiger partial charge in [-0.15, -0.1) is 0 Å². The maximum Gasteiger partial charge on any atom is 0.435 e. The molecule has 5 nitrogen and oxygen atoms in total. The lowest BCUT2D eigenvalue weighted by Crippen LogP contribution is -2.42. The Morgan fingerprint density at radius 3 is 2.49 bits per heavy atom. The number of oxime groups is 1. The molecule has 5 rings (SSSR count). The van der Waals surface area contributed by atoms with Crippen LogP contribution in [0.15, 0.2) is 60.0 Å². The lowest BCUT2D eigenvalue weighted by atomic mass is 9.84. The van der Waals surface area contributed by atoms with Gasteiger partial charge in [0.05, 0.1) is 11.3 Å². The molecule has 0 bridgehead atoms. The van der Waals surface area contributed by atoms with Crippen LogP contribution in [-0.4, -0.2) is 28.8 Å². The second-order valence-corrected chi connectivity index (χ2v) is 8.54. The van der Waals surface area contributed by atoms with E-state index in [9.17, 15) is 31.1 Å². The van der Waals surface area contributed by atoms with E-state index in [1.165, 1.54) is 24.5 Å². The number of hydrogen-bond acceptors (Lipinski definition) is 4. The van der Waals surface area contributed by atoms with Crippen LogP contribution in [0.3, 0.4) is 0 Å². The number of alkyl halides is 6. The highest BCUT2D eigenvalue weighted by Crippen LogP contribution is 2.50. The Morgan fingerprint density at radius 2 is 1.80 bits per heavy atom. The van der Waals surface area contributed by atoms with Gasteiger partial charge in [0.25, 0.3) is 11.5 Å². The Labute approximate surface area is 194 Å². The monoisotopic (exact) mass is 493 g/mol. The van der Waals surface area contributed by atoms with Crippen molar-refractivity contribution in [3.05, 3.63) is 77.1 Å². The summed E-state index contributed by atoms with van der Waals surface area (Å²) in [6, 6.07) is 7.54. The van der Waals surface area contributed by atoms with E-state index in [2.05, 4.69) is 15.5 Å². The number of hydrogen-bond donors (Lipinski definition) is 1. The summed E-state index contributed by atoms with van der Waals surface area (Å²) in [6.07, 6.45) is -6.13. The highest BCUT2D eigenvalue weighted by molar-refractivity contribution is 6.16. The van der Waals surface area contributed by atoms with Gasteiger partial charge in [0.2, 0.25) is 0 Å². The zero-order valence-corrected chi connectivity index (χ0v) is 17.9. The molecule has 1 aliphatic heterocycles. The number of benzene rings is 2. The Balaban J connectivity index is 1.55. The summed E-state index contributed by atoms with van der Waals surface area (Å²) in [6.45, 7) is 0. The number of halogens is 6. The molecule has 182 valence electrons. The van der Waals surface area contributed by atoms with Gasteiger partial charge in [-0.25, -0.2) is 0 Å². The molecule has 1 saturated carbocycles. The number of carbonyl (C=O) groups excluding carboxylic acids is 1. The molecule has 0 saturated heterocycles. The predicted octanol–water partition coefficient (Wildman–Crippen LogP) is 5.73. The molecule has 1 aliphatic carbocycles. The number of nitrogens with zero attached hydrogens (tertiary/aromatic N) is 2. The summed E-state index contributed by atoms with van der Waals surface area (Å²) in [4.78, 5) is 21.6. The van der Waals surface area contributed by atoms with E-state index in [1.54, 1.807) is 6.07 Å². The van der Waals surface area contributed by atoms with E-state index in [1.807, 2.05) is 0 Å². The lowest BCUT2D eigenvalue weighted by molar-refractivity contribution is -0.276. The second kappa shape index (κ2) is 7.96. The third-order valence-electron chi connectivity index (χ3n) is 6.13. The fourth-order valence-corrected chi connectivity index (χ4v) is 4.13. The zero-order chi connectivity index (χ0) is 25.0. The van der Waals surface area contributed by atoms with Crippen molar-refractivity contribution in [2.75, 3.05) is 0 Å². The zero-order valence-electron chi connectivity index (χ0n) is 17.9. The highest BCUT2D eigenvalue weighted by atomic mass is 19.4. The van der Waals surface area contributed by atoms with Gasteiger partial charge in [0.15, 0.2) is 0 Å².